The van der Waals surface area contributed by atoms with Crippen molar-refractivity contribution < 1.29 is 4.79 Å². The van der Waals surface area contributed by atoms with E-state index in [1.54, 1.807) is 11.1 Å². The molecule has 0 fully saturated rings. The van der Waals surface area contributed by atoms with Crippen LogP contribution in [0.5, 0.6) is 0 Å². The number of carbonyl (C=O) groups is 1. The molecule has 4 nitrogen and oxygen atoms in total. The van der Waals surface area contributed by atoms with Gasteiger partial charge in [-0.3, -0.25) is 9.88 Å². The maximum Gasteiger partial charge on any atom is 0.327 e. The molecule has 0 aliphatic rings. The second-order valence-corrected chi connectivity index (χ2v) is 6.63. The summed E-state index contributed by atoms with van der Waals surface area (Å²) in [5.74, 6) is 0. The van der Waals surface area contributed by atoms with Gasteiger partial charge in [-0.2, -0.15) is 0 Å². The molecule has 0 aliphatic heterocycles. The molecule has 2 amide bonds. The van der Waals surface area contributed by atoms with Gasteiger partial charge in [0.1, 0.15) is 0 Å². The molecule has 4 aromatic rings. The van der Waals surface area contributed by atoms with Crippen LogP contribution in [-0.2, 0) is 0 Å². The molecule has 0 radical (unpaired) electrons. The van der Waals surface area contributed by atoms with E-state index in [0.29, 0.717) is 0 Å². The summed E-state index contributed by atoms with van der Waals surface area (Å²) in [4.78, 5) is 19.3. The van der Waals surface area contributed by atoms with Crippen molar-refractivity contribution in [2.24, 2.45) is 0 Å². The van der Waals surface area contributed by atoms with Gasteiger partial charge >= 0.3 is 6.03 Å². The fourth-order valence-electron chi connectivity index (χ4n) is 3.23. The van der Waals surface area contributed by atoms with Crippen molar-refractivity contribution in [2.75, 3.05) is 4.90 Å². The van der Waals surface area contributed by atoms with E-state index >= 15 is 0 Å². The normalized spacial score (nSPS) is 11.8. The van der Waals surface area contributed by atoms with Crippen LogP contribution in [0.4, 0.5) is 16.2 Å². The summed E-state index contributed by atoms with van der Waals surface area (Å²) in [5.41, 5.74) is 2.45. The first-order chi connectivity index (χ1) is 13.7. The molecule has 138 valence electrons. The molecule has 28 heavy (non-hydrogen) atoms. The predicted molar refractivity (Wildman–Crippen MR) is 114 cm³/mol. The SMILES string of the molecule is CC(NC(=O)N(c1ccccc1)c1ccc2ccccc2c1)c1ccccn1. The number of fused-ring (bicyclic) bond motifs is 1. The van der Waals surface area contributed by atoms with Crippen molar-refractivity contribution in [2.45, 2.75) is 13.0 Å². The van der Waals surface area contributed by atoms with E-state index in [-0.39, 0.29) is 12.1 Å². The van der Waals surface area contributed by atoms with Gasteiger partial charge in [0.15, 0.2) is 0 Å². The number of rotatable bonds is 4. The van der Waals surface area contributed by atoms with Crippen molar-refractivity contribution in [1.29, 1.82) is 0 Å². The second kappa shape index (κ2) is 7.92. The molecule has 4 rings (SSSR count). The number of benzene rings is 3. The fourth-order valence-corrected chi connectivity index (χ4v) is 3.23. The summed E-state index contributed by atoms with van der Waals surface area (Å²) in [5, 5.41) is 5.30. The Bertz CT molecular complexity index is 1080. The van der Waals surface area contributed by atoms with E-state index < -0.39 is 0 Å². The van der Waals surface area contributed by atoms with Gasteiger partial charge in [-0.05, 0) is 54.1 Å². The number of carbonyl (C=O) groups excluding carboxylic acids is 1. The first kappa shape index (κ1) is 17.7. The highest BCUT2D eigenvalue weighted by Gasteiger charge is 2.20. The van der Waals surface area contributed by atoms with Crippen LogP contribution in [0.1, 0.15) is 18.7 Å². The lowest BCUT2D eigenvalue weighted by atomic mass is 10.1. The lowest BCUT2D eigenvalue weighted by Crippen LogP contribution is -2.38. The largest absolute Gasteiger partial charge is 0.329 e. The number of anilines is 2. The number of urea groups is 1. The molecule has 1 heterocycles. The van der Waals surface area contributed by atoms with Crippen LogP contribution in [0, 0.1) is 0 Å². The third-order valence-corrected chi connectivity index (χ3v) is 4.68. The minimum Gasteiger partial charge on any atom is -0.329 e. The van der Waals surface area contributed by atoms with Crippen molar-refractivity contribution in [1.82, 2.24) is 10.3 Å². The summed E-state index contributed by atoms with van der Waals surface area (Å²) >= 11 is 0. The lowest BCUT2D eigenvalue weighted by molar-refractivity contribution is 0.245. The maximum atomic E-state index is 13.3. The van der Waals surface area contributed by atoms with E-state index in [4.69, 9.17) is 0 Å². The molecule has 1 N–H and O–H groups in total. The number of amides is 2. The van der Waals surface area contributed by atoms with Crippen LogP contribution >= 0.6 is 0 Å². The Morgan fingerprint density at radius 2 is 1.54 bits per heavy atom. The molecule has 4 heteroatoms. The summed E-state index contributed by atoms with van der Waals surface area (Å²) in [7, 11) is 0. The Balaban J connectivity index is 1.70. The van der Waals surface area contributed by atoms with Gasteiger partial charge in [-0.25, -0.2) is 4.79 Å². The summed E-state index contributed by atoms with van der Waals surface area (Å²) < 4.78 is 0. The highest BCUT2D eigenvalue weighted by atomic mass is 16.2. The van der Waals surface area contributed by atoms with E-state index in [2.05, 4.69) is 22.4 Å². The zero-order valence-electron chi connectivity index (χ0n) is 15.6. The standard InChI is InChI=1S/C24H21N3O/c1-18(23-13-7-8-16-25-23)26-24(28)27(21-11-3-2-4-12-21)22-15-14-19-9-5-6-10-20(19)17-22/h2-18H,1H3,(H,26,28). The minimum atomic E-state index is -0.208. The molecule has 0 aliphatic carbocycles. The molecular weight excluding hydrogens is 346 g/mol. The van der Waals surface area contributed by atoms with Gasteiger partial charge in [0, 0.05) is 6.20 Å². The van der Waals surface area contributed by atoms with E-state index in [1.807, 2.05) is 85.8 Å². The Hall–Kier alpha value is -3.66. The third kappa shape index (κ3) is 3.71. The molecule has 3 aromatic carbocycles. The van der Waals surface area contributed by atoms with Crippen LogP contribution < -0.4 is 10.2 Å². The molecular formula is C24H21N3O. The van der Waals surface area contributed by atoms with Gasteiger partial charge in [0.25, 0.3) is 0 Å². The topological polar surface area (TPSA) is 45.2 Å². The highest BCUT2D eigenvalue weighted by Crippen LogP contribution is 2.29. The zero-order valence-corrected chi connectivity index (χ0v) is 15.6. The summed E-state index contributed by atoms with van der Waals surface area (Å²) in [6.07, 6.45) is 1.73. The fraction of sp³-hybridized carbons (Fsp3) is 0.0833. The lowest BCUT2D eigenvalue weighted by Gasteiger charge is -2.25. The zero-order chi connectivity index (χ0) is 19.3. The summed E-state index contributed by atoms with van der Waals surface area (Å²) in [6, 6.07) is 29.1. The number of nitrogens with zero attached hydrogens (tertiary/aromatic N) is 2. The summed E-state index contributed by atoms with van der Waals surface area (Å²) in [6.45, 7) is 1.93. The third-order valence-electron chi connectivity index (χ3n) is 4.68. The number of hydrogen-bond acceptors (Lipinski definition) is 2. The van der Waals surface area contributed by atoms with Gasteiger partial charge in [0.2, 0.25) is 0 Å². The maximum absolute atomic E-state index is 13.3. The number of hydrogen-bond donors (Lipinski definition) is 1. The van der Waals surface area contributed by atoms with Crippen LogP contribution in [0.3, 0.4) is 0 Å². The van der Waals surface area contributed by atoms with E-state index in [1.165, 1.54) is 0 Å². The molecule has 0 saturated carbocycles. The van der Waals surface area contributed by atoms with Crippen molar-refractivity contribution >= 4 is 28.2 Å². The predicted octanol–water partition coefficient (Wildman–Crippen LogP) is 5.84. The van der Waals surface area contributed by atoms with Gasteiger partial charge < -0.3 is 5.32 Å². The molecule has 1 aromatic heterocycles. The molecule has 1 unspecified atom stereocenters. The Morgan fingerprint density at radius 1 is 0.821 bits per heavy atom. The Morgan fingerprint density at radius 3 is 2.29 bits per heavy atom. The second-order valence-electron chi connectivity index (χ2n) is 6.63. The van der Waals surface area contributed by atoms with Crippen LogP contribution in [0.25, 0.3) is 10.8 Å². The number of para-hydroxylation sites is 1. The van der Waals surface area contributed by atoms with Crippen LogP contribution in [0.2, 0.25) is 0 Å². The molecule has 0 saturated heterocycles. The molecule has 1 atom stereocenters. The van der Waals surface area contributed by atoms with Crippen molar-refractivity contribution in [3.8, 4) is 0 Å². The molecule has 0 bridgehead atoms. The smallest absolute Gasteiger partial charge is 0.327 e. The van der Waals surface area contributed by atoms with Crippen LogP contribution in [0.15, 0.2) is 97.2 Å². The monoisotopic (exact) mass is 367 g/mol. The Kier molecular flexibility index (Phi) is 5.02. The average Bonchev–Trinajstić information content (AvgIpc) is 2.75. The van der Waals surface area contributed by atoms with E-state index in [9.17, 15) is 4.79 Å². The van der Waals surface area contributed by atoms with Crippen LogP contribution in [-0.4, -0.2) is 11.0 Å². The average molecular weight is 367 g/mol. The number of aromatic nitrogens is 1. The first-order valence-electron chi connectivity index (χ1n) is 9.28. The highest BCUT2D eigenvalue weighted by molar-refractivity contribution is 6.01. The van der Waals surface area contributed by atoms with Gasteiger partial charge in [0.05, 0.1) is 23.1 Å². The quantitative estimate of drug-likeness (QED) is 0.492. The Labute approximate surface area is 164 Å². The molecule has 0 spiro atoms. The first-order valence-corrected chi connectivity index (χ1v) is 9.28. The van der Waals surface area contributed by atoms with Crippen molar-refractivity contribution in [3.63, 3.8) is 0 Å². The minimum absolute atomic E-state index is 0.195. The van der Waals surface area contributed by atoms with Crippen molar-refractivity contribution in [3.05, 3.63) is 103 Å². The number of nitrogens with one attached hydrogen (secondary N) is 1. The van der Waals surface area contributed by atoms with Gasteiger partial charge in [-0.15, -0.1) is 0 Å². The van der Waals surface area contributed by atoms with Gasteiger partial charge in [-0.1, -0.05) is 54.6 Å². The number of pyridine rings is 1. The van der Waals surface area contributed by atoms with E-state index in [0.717, 1.165) is 27.8 Å².